The van der Waals surface area contributed by atoms with Crippen molar-refractivity contribution in [1.82, 2.24) is 4.31 Å². The molecule has 0 heterocycles. The van der Waals surface area contributed by atoms with Crippen molar-refractivity contribution >= 4 is 27.6 Å². The molecule has 0 aliphatic carbocycles. The number of hydrogen-bond donors (Lipinski definition) is 1. The first-order chi connectivity index (χ1) is 12.8. The molecule has 0 saturated heterocycles. The van der Waals surface area contributed by atoms with Crippen molar-refractivity contribution in [2.45, 2.75) is 31.3 Å². The summed E-state index contributed by atoms with van der Waals surface area (Å²) in [6.07, 6.45) is -1.08. The molecule has 0 fully saturated rings. The number of benzene rings is 2. The highest BCUT2D eigenvalue weighted by Crippen LogP contribution is 2.20. The minimum absolute atomic E-state index is 0.154. The first kappa shape index (κ1) is 20.4. The lowest BCUT2D eigenvalue weighted by Crippen LogP contribution is -2.42. The first-order valence-electron chi connectivity index (χ1n) is 8.42. The fourth-order valence-electron chi connectivity index (χ4n) is 2.17. The molecule has 144 valence electrons. The van der Waals surface area contributed by atoms with Crippen molar-refractivity contribution in [3.8, 4) is 0 Å². The van der Waals surface area contributed by atoms with E-state index in [0.717, 1.165) is 0 Å². The molecule has 0 aliphatic rings. The van der Waals surface area contributed by atoms with Crippen LogP contribution in [0.15, 0.2) is 59.5 Å². The predicted octanol–water partition coefficient (Wildman–Crippen LogP) is 3.08. The quantitative estimate of drug-likeness (QED) is 0.575. The number of nitrogen functional groups attached to an aromatic ring is 1. The van der Waals surface area contributed by atoms with Gasteiger partial charge in [0.05, 0.1) is 4.90 Å². The van der Waals surface area contributed by atoms with Crippen LogP contribution in [0.1, 0.15) is 30.6 Å². The summed E-state index contributed by atoms with van der Waals surface area (Å²) >= 11 is 0. The van der Waals surface area contributed by atoms with Gasteiger partial charge in [0.1, 0.15) is 12.6 Å². The van der Waals surface area contributed by atoms with Crippen LogP contribution in [-0.2, 0) is 14.8 Å². The third kappa shape index (κ3) is 5.07. The summed E-state index contributed by atoms with van der Waals surface area (Å²) in [5.74, 6) is -0.518. The molecule has 2 rings (SSSR count). The molecular weight excluding hydrogens is 368 g/mol. The maximum absolute atomic E-state index is 13.0. The fourth-order valence-corrected chi connectivity index (χ4v) is 3.44. The summed E-state index contributed by atoms with van der Waals surface area (Å²) in [6, 6.07) is 13.5. The summed E-state index contributed by atoms with van der Waals surface area (Å²) < 4.78 is 31.5. The van der Waals surface area contributed by atoms with E-state index in [0.29, 0.717) is 22.0 Å². The number of amides is 1. The van der Waals surface area contributed by atoms with Crippen LogP contribution in [0.3, 0.4) is 0 Å². The van der Waals surface area contributed by atoms with Gasteiger partial charge in [0, 0.05) is 11.3 Å². The molecule has 2 N–H and O–H groups in total. The Bertz CT molecular complexity index is 895. The number of rotatable bonds is 7. The van der Waals surface area contributed by atoms with Gasteiger partial charge in [0.2, 0.25) is 0 Å². The zero-order chi connectivity index (χ0) is 20.0. The molecule has 1 atom stereocenters. The topological polar surface area (TPSA) is 107 Å². The molecule has 0 radical (unpaired) electrons. The highest BCUT2D eigenvalue weighted by molar-refractivity contribution is 7.89. The van der Waals surface area contributed by atoms with E-state index in [1.807, 2.05) is 0 Å². The highest BCUT2D eigenvalue weighted by atomic mass is 32.2. The summed E-state index contributed by atoms with van der Waals surface area (Å²) in [5, 5.41) is 0. The number of anilines is 1. The lowest BCUT2D eigenvalue weighted by atomic mass is 10.1. The number of carbonyl (C=O) groups is 2. The Morgan fingerprint density at radius 3 is 2.22 bits per heavy atom. The maximum Gasteiger partial charge on any atom is 0.424 e. The van der Waals surface area contributed by atoms with Crippen molar-refractivity contribution in [1.29, 1.82) is 0 Å². The van der Waals surface area contributed by atoms with Gasteiger partial charge in [0.25, 0.3) is 10.0 Å². The third-order valence-electron chi connectivity index (χ3n) is 3.93. The number of ketones is 1. The Labute approximate surface area is 158 Å². The molecule has 7 nitrogen and oxygen atoms in total. The number of nitrogens with zero attached hydrogens (tertiary/aromatic N) is 1. The van der Waals surface area contributed by atoms with E-state index in [1.54, 1.807) is 44.2 Å². The number of ether oxygens (including phenoxy) is 1. The Morgan fingerprint density at radius 2 is 1.67 bits per heavy atom. The fraction of sp³-hybridized carbons (Fsp3) is 0.263. The molecule has 2 aromatic rings. The molecular formula is C19H22N2O5S. The van der Waals surface area contributed by atoms with Gasteiger partial charge < -0.3 is 10.5 Å². The van der Waals surface area contributed by atoms with E-state index in [9.17, 15) is 18.0 Å². The van der Waals surface area contributed by atoms with Gasteiger partial charge in [-0.15, -0.1) is 0 Å². The van der Waals surface area contributed by atoms with Crippen LogP contribution >= 0.6 is 0 Å². The van der Waals surface area contributed by atoms with Crippen molar-refractivity contribution in [2.24, 2.45) is 0 Å². The van der Waals surface area contributed by atoms with Crippen LogP contribution in [0.5, 0.6) is 0 Å². The largest absolute Gasteiger partial charge is 0.446 e. The van der Waals surface area contributed by atoms with Gasteiger partial charge in [0.15, 0.2) is 5.78 Å². The van der Waals surface area contributed by atoms with Crippen LogP contribution in [-0.4, -0.2) is 37.2 Å². The Morgan fingerprint density at radius 1 is 1.07 bits per heavy atom. The molecule has 2 aromatic carbocycles. The summed E-state index contributed by atoms with van der Waals surface area (Å²) in [4.78, 5) is 24.9. The Hall–Kier alpha value is -2.87. The second kappa shape index (κ2) is 8.68. The van der Waals surface area contributed by atoms with Gasteiger partial charge in [-0.3, -0.25) is 4.79 Å². The Kier molecular flexibility index (Phi) is 6.57. The van der Waals surface area contributed by atoms with Crippen LogP contribution in [0.2, 0.25) is 0 Å². The van der Waals surface area contributed by atoms with Crippen molar-refractivity contribution in [3.63, 3.8) is 0 Å². The van der Waals surface area contributed by atoms with Gasteiger partial charge in [-0.1, -0.05) is 37.3 Å². The molecule has 0 bridgehead atoms. The zero-order valence-corrected chi connectivity index (χ0v) is 16.0. The number of Topliss-reactive ketones (excluding diaryl/α,β-unsaturated/α-hetero) is 1. The minimum atomic E-state index is -4.29. The highest BCUT2D eigenvalue weighted by Gasteiger charge is 2.33. The predicted molar refractivity (Wildman–Crippen MR) is 102 cm³/mol. The van der Waals surface area contributed by atoms with Gasteiger partial charge >= 0.3 is 6.09 Å². The van der Waals surface area contributed by atoms with Crippen LogP contribution < -0.4 is 5.73 Å². The number of hydrogen-bond acceptors (Lipinski definition) is 6. The average Bonchev–Trinajstić information content (AvgIpc) is 2.66. The van der Waals surface area contributed by atoms with Gasteiger partial charge in [-0.25, -0.2) is 13.2 Å². The number of nitrogens with two attached hydrogens (primary N) is 1. The van der Waals surface area contributed by atoms with E-state index in [1.165, 1.54) is 24.3 Å². The summed E-state index contributed by atoms with van der Waals surface area (Å²) in [7, 11) is -4.29. The molecule has 0 spiro atoms. The third-order valence-corrected chi connectivity index (χ3v) is 5.66. The maximum atomic E-state index is 13.0. The average molecular weight is 390 g/mol. The van der Waals surface area contributed by atoms with Crippen molar-refractivity contribution < 1.29 is 22.7 Å². The summed E-state index contributed by atoms with van der Waals surface area (Å²) in [5.41, 5.74) is 6.27. The normalized spacial score (nSPS) is 12.2. The van der Waals surface area contributed by atoms with Crippen LogP contribution in [0.4, 0.5) is 10.5 Å². The molecule has 0 aromatic heterocycles. The van der Waals surface area contributed by atoms with E-state index in [-0.39, 0.29) is 4.90 Å². The molecule has 1 amide bonds. The summed E-state index contributed by atoms with van der Waals surface area (Å²) in [6.45, 7) is 2.78. The molecule has 8 heteroatoms. The standard InChI is InChI=1S/C19H22N2O5S/c1-3-14(2)26-19(23)21(13-18(22)15-7-5-4-6-8-15)27(24,25)17-11-9-16(20)10-12-17/h4-12,14H,3,13,20H2,1-2H3. The SMILES string of the molecule is CCC(C)OC(=O)N(CC(=O)c1ccccc1)S(=O)(=O)c1ccc(N)cc1. The van der Waals surface area contributed by atoms with Gasteiger partial charge in [-0.05, 0) is 37.6 Å². The second-order valence-corrected chi connectivity index (χ2v) is 7.83. The molecule has 0 saturated carbocycles. The van der Waals surface area contributed by atoms with Crippen molar-refractivity contribution in [2.75, 3.05) is 12.3 Å². The number of sulfonamides is 1. The molecule has 1 unspecified atom stereocenters. The second-order valence-electron chi connectivity index (χ2n) is 5.97. The van der Waals surface area contributed by atoms with E-state index < -0.39 is 34.5 Å². The van der Waals surface area contributed by atoms with Crippen LogP contribution in [0, 0.1) is 0 Å². The van der Waals surface area contributed by atoms with Gasteiger partial charge in [-0.2, -0.15) is 4.31 Å². The van der Waals surface area contributed by atoms with E-state index in [4.69, 9.17) is 10.5 Å². The van der Waals surface area contributed by atoms with Crippen molar-refractivity contribution in [3.05, 3.63) is 60.2 Å². The minimum Gasteiger partial charge on any atom is -0.446 e. The number of carbonyl (C=O) groups excluding carboxylic acids is 2. The van der Waals surface area contributed by atoms with E-state index in [2.05, 4.69) is 0 Å². The molecule has 27 heavy (non-hydrogen) atoms. The Balaban J connectivity index is 2.38. The first-order valence-corrected chi connectivity index (χ1v) is 9.86. The smallest absolute Gasteiger partial charge is 0.424 e. The lowest BCUT2D eigenvalue weighted by molar-refractivity contribution is 0.0794. The lowest BCUT2D eigenvalue weighted by Gasteiger charge is -2.23. The van der Waals surface area contributed by atoms with Crippen LogP contribution in [0.25, 0.3) is 0 Å². The monoisotopic (exact) mass is 390 g/mol. The zero-order valence-electron chi connectivity index (χ0n) is 15.2. The molecule has 0 aliphatic heterocycles. The van der Waals surface area contributed by atoms with E-state index >= 15 is 0 Å².